The molecule has 7 N–H and O–H groups in total. The standard InChI is InChI=1S/C11H18N8/c12-9(13)7-8-10(17-5-16-8)19-11(18-7)15-4-6-2-1-3-14-6/h6,14,16H,1-5H2,(H3,12,13)(H2,15,17,18,19). The van der Waals surface area contributed by atoms with E-state index in [1.807, 2.05) is 0 Å². The van der Waals surface area contributed by atoms with Gasteiger partial charge < -0.3 is 27.0 Å². The molecule has 1 aromatic rings. The maximum Gasteiger partial charge on any atom is 0.225 e. The Morgan fingerprint density at radius 1 is 1.42 bits per heavy atom. The largest absolute Gasteiger partial charge is 0.382 e. The summed E-state index contributed by atoms with van der Waals surface area (Å²) >= 11 is 0. The van der Waals surface area contributed by atoms with Crippen LogP contribution in [0.25, 0.3) is 0 Å². The molecule has 0 bridgehead atoms. The average molecular weight is 262 g/mol. The van der Waals surface area contributed by atoms with Gasteiger partial charge in [0.15, 0.2) is 5.82 Å². The number of nitrogens with one attached hydrogen (secondary N) is 5. The third kappa shape index (κ3) is 2.39. The van der Waals surface area contributed by atoms with E-state index in [0.717, 1.165) is 19.5 Å². The highest BCUT2D eigenvalue weighted by molar-refractivity contribution is 6.01. The molecule has 1 unspecified atom stereocenters. The van der Waals surface area contributed by atoms with Crippen LogP contribution in [0.5, 0.6) is 0 Å². The minimum atomic E-state index is -0.0584. The normalized spacial score (nSPS) is 20.5. The fraction of sp³-hybridized carbons (Fsp3) is 0.545. The summed E-state index contributed by atoms with van der Waals surface area (Å²) in [5.74, 6) is 1.15. The lowest BCUT2D eigenvalue weighted by Gasteiger charge is -2.13. The summed E-state index contributed by atoms with van der Waals surface area (Å²) in [4.78, 5) is 8.68. The van der Waals surface area contributed by atoms with Crippen molar-refractivity contribution in [2.45, 2.75) is 18.9 Å². The minimum Gasteiger partial charge on any atom is -0.382 e. The van der Waals surface area contributed by atoms with Crippen LogP contribution in [0, 0.1) is 5.41 Å². The van der Waals surface area contributed by atoms with Crippen LogP contribution in [0.3, 0.4) is 0 Å². The number of rotatable bonds is 4. The molecule has 102 valence electrons. The molecular formula is C11H18N8. The molecule has 1 fully saturated rings. The van der Waals surface area contributed by atoms with Gasteiger partial charge in [-0.05, 0) is 19.4 Å². The zero-order valence-corrected chi connectivity index (χ0v) is 10.6. The van der Waals surface area contributed by atoms with E-state index in [4.69, 9.17) is 11.1 Å². The van der Waals surface area contributed by atoms with Crippen LogP contribution >= 0.6 is 0 Å². The molecule has 0 spiro atoms. The fourth-order valence-corrected chi connectivity index (χ4v) is 2.39. The lowest BCUT2D eigenvalue weighted by molar-refractivity contribution is 0.631. The van der Waals surface area contributed by atoms with E-state index in [9.17, 15) is 0 Å². The summed E-state index contributed by atoms with van der Waals surface area (Å²) in [5, 5.41) is 20.4. The Morgan fingerprint density at radius 3 is 3.05 bits per heavy atom. The van der Waals surface area contributed by atoms with Crippen molar-refractivity contribution in [2.75, 3.05) is 35.7 Å². The lowest BCUT2D eigenvalue weighted by Crippen LogP contribution is -2.30. The summed E-state index contributed by atoms with van der Waals surface area (Å²) in [7, 11) is 0. The predicted octanol–water partition coefficient (Wildman–Crippen LogP) is -0.281. The van der Waals surface area contributed by atoms with Crippen molar-refractivity contribution in [3.63, 3.8) is 0 Å². The van der Waals surface area contributed by atoms with Gasteiger partial charge in [0, 0.05) is 12.6 Å². The zero-order valence-electron chi connectivity index (χ0n) is 10.6. The van der Waals surface area contributed by atoms with Gasteiger partial charge >= 0.3 is 0 Å². The molecule has 8 heteroatoms. The molecule has 1 aromatic heterocycles. The topological polar surface area (TPSA) is 124 Å². The molecule has 3 rings (SSSR count). The number of nitrogens with zero attached hydrogens (tertiary/aromatic N) is 2. The van der Waals surface area contributed by atoms with Gasteiger partial charge in [0.2, 0.25) is 5.95 Å². The van der Waals surface area contributed by atoms with Crippen LogP contribution in [-0.2, 0) is 0 Å². The van der Waals surface area contributed by atoms with Crippen molar-refractivity contribution in [1.29, 1.82) is 5.41 Å². The van der Waals surface area contributed by atoms with Gasteiger partial charge in [0.1, 0.15) is 17.2 Å². The molecular weight excluding hydrogens is 244 g/mol. The maximum absolute atomic E-state index is 7.58. The first-order chi connectivity index (χ1) is 9.24. The summed E-state index contributed by atoms with van der Waals surface area (Å²) in [6.07, 6.45) is 2.37. The summed E-state index contributed by atoms with van der Waals surface area (Å²) < 4.78 is 0. The molecule has 19 heavy (non-hydrogen) atoms. The first-order valence-electron chi connectivity index (χ1n) is 6.45. The van der Waals surface area contributed by atoms with Crippen molar-refractivity contribution in [2.24, 2.45) is 5.73 Å². The van der Waals surface area contributed by atoms with Crippen molar-refractivity contribution in [1.82, 2.24) is 15.3 Å². The SMILES string of the molecule is N=C(N)c1nc(NCC2CCCN2)nc2c1NCN2. The summed E-state index contributed by atoms with van der Waals surface area (Å²) in [6, 6.07) is 0.462. The van der Waals surface area contributed by atoms with E-state index < -0.39 is 0 Å². The minimum absolute atomic E-state index is 0.0584. The third-order valence-corrected chi connectivity index (χ3v) is 3.35. The quantitative estimate of drug-likeness (QED) is 0.326. The van der Waals surface area contributed by atoms with Gasteiger partial charge in [-0.3, -0.25) is 5.41 Å². The molecule has 0 aliphatic carbocycles. The molecule has 1 atom stereocenters. The van der Waals surface area contributed by atoms with Crippen LogP contribution in [0.1, 0.15) is 18.5 Å². The van der Waals surface area contributed by atoms with Crippen molar-refractivity contribution in [3.8, 4) is 0 Å². The van der Waals surface area contributed by atoms with E-state index in [0.29, 0.717) is 35.9 Å². The van der Waals surface area contributed by atoms with E-state index in [-0.39, 0.29) is 5.84 Å². The number of aromatic nitrogens is 2. The van der Waals surface area contributed by atoms with Crippen LogP contribution < -0.4 is 27.0 Å². The van der Waals surface area contributed by atoms with Crippen molar-refractivity contribution in [3.05, 3.63) is 5.69 Å². The third-order valence-electron chi connectivity index (χ3n) is 3.35. The predicted molar refractivity (Wildman–Crippen MR) is 74.7 cm³/mol. The highest BCUT2D eigenvalue weighted by atomic mass is 15.2. The Kier molecular flexibility index (Phi) is 3.08. The number of anilines is 3. The highest BCUT2D eigenvalue weighted by Crippen LogP contribution is 2.27. The van der Waals surface area contributed by atoms with Crippen LogP contribution in [0.15, 0.2) is 0 Å². The van der Waals surface area contributed by atoms with Gasteiger partial charge in [0.05, 0.1) is 6.67 Å². The molecule has 1 saturated heterocycles. The molecule has 0 aromatic carbocycles. The number of hydrogen-bond acceptors (Lipinski definition) is 7. The zero-order chi connectivity index (χ0) is 13.2. The Labute approximate surface area is 111 Å². The second-order valence-electron chi connectivity index (χ2n) is 4.74. The van der Waals surface area contributed by atoms with Gasteiger partial charge in [-0.15, -0.1) is 0 Å². The van der Waals surface area contributed by atoms with E-state index >= 15 is 0 Å². The van der Waals surface area contributed by atoms with Crippen LogP contribution in [-0.4, -0.2) is 41.6 Å². The van der Waals surface area contributed by atoms with Crippen LogP contribution in [0.4, 0.5) is 17.5 Å². The molecule has 8 nitrogen and oxygen atoms in total. The Morgan fingerprint density at radius 2 is 2.32 bits per heavy atom. The number of hydrogen-bond donors (Lipinski definition) is 6. The summed E-state index contributed by atoms with van der Waals surface area (Å²) in [5.41, 5.74) is 6.71. The Bertz CT molecular complexity index is 494. The highest BCUT2D eigenvalue weighted by Gasteiger charge is 2.21. The van der Waals surface area contributed by atoms with Crippen LogP contribution in [0.2, 0.25) is 0 Å². The molecule has 0 saturated carbocycles. The van der Waals surface area contributed by atoms with Gasteiger partial charge in [0.25, 0.3) is 0 Å². The molecule has 2 aliphatic rings. The number of nitrogen functional groups attached to an aromatic ring is 1. The smallest absolute Gasteiger partial charge is 0.225 e. The van der Waals surface area contributed by atoms with Crippen molar-refractivity contribution >= 4 is 23.3 Å². The van der Waals surface area contributed by atoms with E-state index in [1.54, 1.807) is 0 Å². The van der Waals surface area contributed by atoms with Crippen molar-refractivity contribution < 1.29 is 0 Å². The molecule has 2 aliphatic heterocycles. The summed E-state index contributed by atoms with van der Waals surface area (Å²) in [6.45, 7) is 2.43. The Hall–Kier alpha value is -2.09. The van der Waals surface area contributed by atoms with E-state index in [1.165, 1.54) is 6.42 Å². The maximum atomic E-state index is 7.58. The Balaban J connectivity index is 1.77. The number of fused-ring (bicyclic) bond motifs is 1. The van der Waals surface area contributed by atoms with Gasteiger partial charge in [-0.2, -0.15) is 4.98 Å². The van der Waals surface area contributed by atoms with Gasteiger partial charge in [-0.1, -0.05) is 0 Å². The van der Waals surface area contributed by atoms with E-state index in [2.05, 4.69) is 31.2 Å². The second kappa shape index (κ2) is 4.88. The second-order valence-corrected chi connectivity index (χ2v) is 4.74. The number of nitrogens with two attached hydrogens (primary N) is 1. The fourth-order valence-electron chi connectivity index (χ4n) is 2.39. The van der Waals surface area contributed by atoms with Gasteiger partial charge in [-0.25, -0.2) is 4.98 Å². The average Bonchev–Trinajstić information content (AvgIpc) is 3.06. The first kappa shape index (κ1) is 12.0. The molecule has 0 amide bonds. The number of amidine groups is 1. The first-order valence-corrected chi connectivity index (χ1v) is 6.45. The molecule has 3 heterocycles. The monoisotopic (exact) mass is 262 g/mol. The lowest BCUT2D eigenvalue weighted by atomic mass is 10.2. The molecule has 0 radical (unpaired) electrons.